The van der Waals surface area contributed by atoms with Crippen LogP contribution in [0.3, 0.4) is 0 Å². The van der Waals surface area contributed by atoms with Gasteiger partial charge in [0.1, 0.15) is 5.69 Å². The van der Waals surface area contributed by atoms with Crippen LogP contribution in [-0.2, 0) is 13.6 Å². The van der Waals surface area contributed by atoms with Gasteiger partial charge in [-0.05, 0) is 31.2 Å². The number of amides is 1. The summed E-state index contributed by atoms with van der Waals surface area (Å²) in [5.41, 5.74) is 2.89. The second-order valence-corrected chi connectivity index (χ2v) is 7.24. The highest BCUT2D eigenvalue weighted by Crippen LogP contribution is 2.21. The first-order valence-electron chi connectivity index (χ1n) is 9.63. The number of aliphatic hydroxyl groups is 1. The number of carbonyl (C=O) groups is 1. The Morgan fingerprint density at radius 1 is 1.17 bits per heavy atom. The van der Waals surface area contributed by atoms with Gasteiger partial charge in [-0.15, -0.1) is 0 Å². The fourth-order valence-electron chi connectivity index (χ4n) is 3.75. The maximum Gasteiger partial charge on any atom is 0.272 e. The molecule has 3 aromatic rings. The van der Waals surface area contributed by atoms with E-state index in [9.17, 15) is 9.59 Å². The highest BCUT2D eigenvalue weighted by molar-refractivity contribution is 5.93. The van der Waals surface area contributed by atoms with Gasteiger partial charge >= 0.3 is 0 Å². The van der Waals surface area contributed by atoms with Gasteiger partial charge in [-0.25, -0.2) is 4.98 Å². The lowest BCUT2D eigenvalue weighted by Gasteiger charge is -2.36. The standard InChI is InChI=1S/C20H24N6O3/c1-14-11-18(23(2)22-14)20(29)25-7-5-24(6-8-25)15-3-4-16-17(12-15)21-13-26(9-10-27)19(16)28/h3-4,11-13,27H,5-10H2,1-2H3. The van der Waals surface area contributed by atoms with Gasteiger partial charge in [-0.1, -0.05) is 0 Å². The van der Waals surface area contributed by atoms with Gasteiger partial charge in [0.2, 0.25) is 0 Å². The molecule has 0 atom stereocenters. The summed E-state index contributed by atoms with van der Waals surface area (Å²) in [6, 6.07) is 7.41. The second-order valence-electron chi connectivity index (χ2n) is 7.24. The van der Waals surface area contributed by atoms with E-state index in [1.54, 1.807) is 17.8 Å². The van der Waals surface area contributed by atoms with E-state index in [2.05, 4.69) is 15.0 Å². The average Bonchev–Trinajstić information content (AvgIpc) is 3.07. The molecule has 3 heterocycles. The summed E-state index contributed by atoms with van der Waals surface area (Å²) in [4.78, 5) is 33.6. The monoisotopic (exact) mass is 396 g/mol. The minimum Gasteiger partial charge on any atom is -0.395 e. The van der Waals surface area contributed by atoms with Crippen LogP contribution in [0.15, 0.2) is 35.4 Å². The molecule has 152 valence electrons. The number of anilines is 1. The predicted octanol–water partition coefficient (Wildman–Crippen LogP) is 0.393. The first-order valence-corrected chi connectivity index (χ1v) is 9.63. The van der Waals surface area contributed by atoms with E-state index in [4.69, 9.17) is 5.11 Å². The zero-order chi connectivity index (χ0) is 20.5. The number of hydrogen-bond donors (Lipinski definition) is 1. The molecule has 1 N–H and O–H groups in total. The minimum atomic E-state index is -0.155. The zero-order valence-electron chi connectivity index (χ0n) is 16.6. The van der Waals surface area contributed by atoms with Gasteiger partial charge in [-0.3, -0.25) is 18.8 Å². The molecule has 2 aromatic heterocycles. The van der Waals surface area contributed by atoms with Crippen molar-refractivity contribution in [2.24, 2.45) is 7.05 Å². The van der Waals surface area contributed by atoms with E-state index in [0.29, 0.717) is 42.8 Å². The Labute approximate surface area is 167 Å². The summed E-state index contributed by atoms with van der Waals surface area (Å²) in [6.07, 6.45) is 1.47. The van der Waals surface area contributed by atoms with Crippen LogP contribution >= 0.6 is 0 Å². The second kappa shape index (κ2) is 7.67. The number of rotatable bonds is 4. The summed E-state index contributed by atoms with van der Waals surface area (Å²) in [7, 11) is 1.78. The third-order valence-corrected chi connectivity index (χ3v) is 5.30. The van der Waals surface area contributed by atoms with Crippen molar-refractivity contribution in [1.29, 1.82) is 0 Å². The van der Waals surface area contributed by atoms with Crippen molar-refractivity contribution in [2.75, 3.05) is 37.7 Å². The average molecular weight is 396 g/mol. The number of aliphatic hydroxyl groups excluding tert-OH is 1. The van der Waals surface area contributed by atoms with Gasteiger partial charge in [0.15, 0.2) is 0 Å². The fraction of sp³-hybridized carbons (Fsp3) is 0.400. The van der Waals surface area contributed by atoms with Gasteiger partial charge in [0.25, 0.3) is 11.5 Å². The number of fused-ring (bicyclic) bond motifs is 1. The van der Waals surface area contributed by atoms with Crippen LogP contribution in [0.25, 0.3) is 10.9 Å². The maximum atomic E-state index is 12.8. The van der Waals surface area contributed by atoms with Crippen molar-refractivity contribution in [3.05, 3.63) is 52.3 Å². The van der Waals surface area contributed by atoms with Crippen molar-refractivity contribution < 1.29 is 9.90 Å². The largest absolute Gasteiger partial charge is 0.395 e. The number of aryl methyl sites for hydroxylation is 2. The van der Waals surface area contributed by atoms with Crippen LogP contribution < -0.4 is 10.5 Å². The lowest BCUT2D eigenvalue weighted by Crippen LogP contribution is -2.49. The molecule has 1 amide bonds. The molecule has 1 aliphatic heterocycles. The number of piperazine rings is 1. The topological polar surface area (TPSA) is 96.5 Å². The molecular weight excluding hydrogens is 372 g/mol. The van der Waals surface area contributed by atoms with E-state index in [1.165, 1.54) is 10.9 Å². The highest BCUT2D eigenvalue weighted by atomic mass is 16.3. The van der Waals surface area contributed by atoms with Crippen LogP contribution in [0.4, 0.5) is 5.69 Å². The number of benzene rings is 1. The van der Waals surface area contributed by atoms with E-state index in [-0.39, 0.29) is 24.6 Å². The summed E-state index contributed by atoms with van der Waals surface area (Å²) < 4.78 is 3.04. The summed E-state index contributed by atoms with van der Waals surface area (Å²) in [5, 5.41) is 13.8. The normalized spacial score (nSPS) is 14.6. The quantitative estimate of drug-likeness (QED) is 0.686. The molecular formula is C20H24N6O3. The van der Waals surface area contributed by atoms with E-state index in [0.717, 1.165) is 11.4 Å². The Kier molecular flexibility index (Phi) is 5.06. The minimum absolute atomic E-state index is 0.00244. The molecule has 0 radical (unpaired) electrons. The van der Waals surface area contributed by atoms with Crippen LogP contribution in [-0.4, -0.2) is 68.0 Å². The Morgan fingerprint density at radius 3 is 2.59 bits per heavy atom. The number of carbonyl (C=O) groups excluding carboxylic acids is 1. The molecule has 1 saturated heterocycles. The third-order valence-electron chi connectivity index (χ3n) is 5.30. The third kappa shape index (κ3) is 3.61. The van der Waals surface area contributed by atoms with Crippen molar-refractivity contribution >= 4 is 22.5 Å². The molecule has 29 heavy (non-hydrogen) atoms. The van der Waals surface area contributed by atoms with Crippen molar-refractivity contribution in [3.63, 3.8) is 0 Å². The number of hydrogen-bond acceptors (Lipinski definition) is 6. The molecule has 1 aliphatic rings. The van der Waals surface area contributed by atoms with E-state index >= 15 is 0 Å². The zero-order valence-corrected chi connectivity index (χ0v) is 16.6. The number of nitrogens with zero attached hydrogens (tertiary/aromatic N) is 6. The molecule has 0 spiro atoms. The van der Waals surface area contributed by atoms with Crippen molar-refractivity contribution in [2.45, 2.75) is 13.5 Å². The van der Waals surface area contributed by atoms with Gasteiger partial charge < -0.3 is 14.9 Å². The van der Waals surface area contributed by atoms with Crippen LogP contribution in [0, 0.1) is 6.92 Å². The van der Waals surface area contributed by atoms with Gasteiger partial charge in [0.05, 0.1) is 36.1 Å². The number of aromatic nitrogens is 4. The van der Waals surface area contributed by atoms with Crippen LogP contribution in [0.2, 0.25) is 0 Å². The summed E-state index contributed by atoms with van der Waals surface area (Å²) in [5.74, 6) is -0.00244. The lowest BCUT2D eigenvalue weighted by atomic mass is 10.2. The van der Waals surface area contributed by atoms with Crippen molar-refractivity contribution in [1.82, 2.24) is 24.2 Å². The SMILES string of the molecule is Cc1cc(C(=O)N2CCN(c3ccc4c(=O)n(CCO)cnc4c3)CC2)n(C)n1. The van der Waals surface area contributed by atoms with Crippen molar-refractivity contribution in [3.8, 4) is 0 Å². The first-order chi connectivity index (χ1) is 14.0. The van der Waals surface area contributed by atoms with Crippen LogP contribution in [0.5, 0.6) is 0 Å². The smallest absolute Gasteiger partial charge is 0.272 e. The highest BCUT2D eigenvalue weighted by Gasteiger charge is 2.24. The molecule has 1 fully saturated rings. The summed E-state index contributed by atoms with van der Waals surface area (Å²) >= 11 is 0. The Balaban J connectivity index is 1.49. The molecule has 0 bridgehead atoms. The molecule has 9 nitrogen and oxygen atoms in total. The molecule has 1 aromatic carbocycles. The maximum absolute atomic E-state index is 12.8. The molecule has 0 unspecified atom stereocenters. The summed E-state index contributed by atoms with van der Waals surface area (Å²) in [6.45, 7) is 4.65. The van der Waals surface area contributed by atoms with E-state index in [1.807, 2.05) is 30.0 Å². The lowest BCUT2D eigenvalue weighted by molar-refractivity contribution is 0.0735. The Morgan fingerprint density at radius 2 is 1.93 bits per heavy atom. The molecule has 4 rings (SSSR count). The van der Waals surface area contributed by atoms with Gasteiger partial charge in [-0.2, -0.15) is 5.10 Å². The van der Waals surface area contributed by atoms with Crippen LogP contribution in [0.1, 0.15) is 16.2 Å². The van der Waals surface area contributed by atoms with E-state index < -0.39 is 0 Å². The Bertz CT molecular complexity index is 1110. The molecule has 0 saturated carbocycles. The Hall–Kier alpha value is -3.20. The molecule has 0 aliphatic carbocycles. The first kappa shape index (κ1) is 19.1. The fourth-order valence-corrected chi connectivity index (χ4v) is 3.75. The molecule has 9 heteroatoms. The predicted molar refractivity (Wildman–Crippen MR) is 109 cm³/mol. The van der Waals surface area contributed by atoms with Gasteiger partial charge in [0, 0.05) is 38.9 Å².